The Bertz CT molecular complexity index is 967. The highest BCUT2D eigenvalue weighted by atomic mass is 32.1. The number of carbonyl (C=O) groups excluding carboxylic acids is 1. The maximum absolute atomic E-state index is 12.7. The van der Waals surface area contributed by atoms with Gasteiger partial charge in [-0.1, -0.05) is 25.0 Å². The summed E-state index contributed by atoms with van der Waals surface area (Å²) in [5.41, 5.74) is 2.96. The van der Waals surface area contributed by atoms with Crippen molar-refractivity contribution in [1.29, 1.82) is 0 Å². The van der Waals surface area contributed by atoms with Gasteiger partial charge in [0.2, 0.25) is 0 Å². The third kappa shape index (κ3) is 4.86. The number of rotatable bonds is 4. The van der Waals surface area contributed by atoms with Crippen LogP contribution in [0.15, 0.2) is 24.3 Å². The van der Waals surface area contributed by atoms with Crippen LogP contribution in [0.3, 0.4) is 0 Å². The molecule has 0 unspecified atom stereocenters. The summed E-state index contributed by atoms with van der Waals surface area (Å²) >= 11 is 7.43. The predicted octanol–water partition coefficient (Wildman–Crippen LogP) is 4.72. The van der Waals surface area contributed by atoms with Crippen molar-refractivity contribution in [1.82, 2.24) is 4.90 Å². The minimum absolute atomic E-state index is 0.269. The first kappa shape index (κ1) is 22.9. The molecule has 6 nitrogen and oxygen atoms in total. The molecule has 0 saturated carbocycles. The van der Waals surface area contributed by atoms with E-state index >= 15 is 0 Å². The summed E-state index contributed by atoms with van der Waals surface area (Å²) in [6, 6.07) is 8.11. The molecule has 2 heterocycles. The average molecular weight is 474 g/mol. The molecule has 0 spiro atoms. The molecule has 1 N–H and O–H groups in total. The zero-order valence-corrected chi connectivity index (χ0v) is 20.4. The van der Waals surface area contributed by atoms with Gasteiger partial charge in [0.25, 0.3) is 0 Å². The van der Waals surface area contributed by atoms with Crippen molar-refractivity contribution < 1.29 is 14.3 Å². The second-order valence-corrected chi connectivity index (χ2v) is 9.68. The van der Waals surface area contributed by atoms with Crippen molar-refractivity contribution in [2.75, 3.05) is 50.6 Å². The molecule has 32 heavy (non-hydrogen) atoms. The highest BCUT2D eigenvalue weighted by Gasteiger charge is 2.27. The lowest BCUT2D eigenvalue weighted by atomic mass is 9.96. The van der Waals surface area contributed by atoms with Crippen LogP contribution >= 0.6 is 23.6 Å². The van der Waals surface area contributed by atoms with Crippen LogP contribution in [0.25, 0.3) is 0 Å². The summed E-state index contributed by atoms with van der Waals surface area (Å²) in [6.45, 7) is 3.32. The zero-order valence-electron chi connectivity index (χ0n) is 18.8. The van der Waals surface area contributed by atoms with Gasteiger partial charge in [0.1, 0.15) is 10.8 Å². The second-order valence-electron chi connectivity index (χ2n) is 8.19. The van der Waals surface area contributed by atoms with Gasteiger partial charge in [0, 0.05) is 31.1 Å². The lowest BCUT2D eigenvalue weighted by Crippen LogP contribution is -2.50. The van der Waals surface area contributed by atoms with Crippen LogP contribution < -0.4 is 15.0 Å². The standard InChI is InChI=1S/C24H31N3O3S2/c1-29-19-11-8-7-10-18(19)26-13-15-27(16-14-26)24(31)25-22-21(23(28)30-2)17-9-5-3-4-6-12-20(17)32-22/h7-8,10-11H,3-6,9,12-16H2,1-2H3,(H,25,31). The van der Waals surface area contributed by atoms with Crippen molar-refractivity contribution >= 4 is 45.3 Å². The van der Waals surface area contributed by atoms with Gasteiger partial charge in [-0.15, -0.1) is 11.3 Å². The summed E-state index contributed by atoms with van der Waals surface area (Å²) in [5, 5.41) is 4.91. The van der Waals surface area contributed by atoms with Crippen LogP contribution in [0.1, 0.15) is 46.5 Å². The highest BCUT2D eigenvalue weighted by molar-refractivity contribution is 7.80. The van der Waals surface area contributed by atoms with Crippen molar-refractivity contribution in [3.63, 3.8) is 0 Å². The Morgan fingerprint density at radius 1 is 1.03 bits per heavy atom. The number of para-hydroxylation sites is 2. The number of nitrogens with one attached hydrogen (secondary N) is 1. The summed E-state index contributed by atoms with van der Waals surface area (Å²) in [7, 11) is 3.16. The summed E-state index contributed by atoms with van der Waals surface area (Å²) in [5.74, 6) is 0.620. The van der Waals surface area contributed by atoms with Crippen molar-refractivity contribution in [2.45, 2.75) is 38.5 Å². The number of thiophene rings is 1. The zero-order chi connectivity index (χ0) is 22.5. The van der Waals surface area contributed by atoms with Crippen LogP contribution in [-0.4, -0.2) is 56.4 Å². The first-order valence-corrected chi connectivity index (χ1v) is 12.5. The van der Waals surface area contributed by atoms with E-state index in [2.05, 4.69) is 21.2 Å². The largest absolute Gasteiger partial charge is 0.495 e. The van der Waals surface area contributed by atoms with Gasteiger partial charge >= 0.3 is 5.97 Å². The third-order valence-corrected chi connectivity index (χ3v) is 7.84. The molecule has 0 radical (unpaired) electrons. The first-order valence-electron chi connectivity index (χ1n) is 11.3. The topological polar surface area (TPSA) is 54.0 Å². The first-order chi connectivity index (χ1) is 15.6. The molecular formula is C24H31N3O3S2. The van der Waals surface area contributed by atoms with E-state index in [4.69, 9.17) is 21.7 Å². The Morgan fingerprint density at radius 2 is 1.75 bits per heavy atom. The van der Waals surface area contributed by atoms with Gasteiger partial charge in [-0.25, -0.2) is 4.79 Å². The minimum Gasteiger partial charge on any atom is -0.495 e. The fraction of sp³-hybridized carbons (Fsp3) is 0.500. The number of benzene rings is 1. The molecule has 1 aliphatic heterocycles. The van der Waals surface area contributed by atoms with E-state index in [1.807, 2.05) is 18.2 Å². The van der Waals surface area contributed by atoms with E-state index in [0.717, 1.165) is 67.4 Å². The van der Waals surface area contributed by atoms with Crippen LogP contribution in [0.5, 0.6) is 5.75 Å². The lowest BCUT2D eigenvalue weighted by Gasteiger charge is -2.37. The Kier molecular flexibility index (Phi) is 7.52. The average Bonchev–Trinajstić information content (AvgIpc) is 3.14. The highest BCUT2D eigenvalue weighted by Crippen LogP contribution is 2.38. The predicted molar refractivity (Wildman–Crippen MR) is 135 cm³/mol. The number of ether oxygens (including phenoxy) is 2. The SMILES string of the molecule is COC(=O)c1c(NC(=S)N2CCN(c3ccccc3OC)CC2)sc2c1CCCCCC2. The van der Waals surface area contributed by atoms with E-state index in [1.165, 1.54) is 31.2 Å². The summed E-state index contributed by atoms with van der Waals surface area (Å²) in [4.78, 5) is 18.5. The molecule has 1 aromatic heterocycles. The van der Waals surface area contributed by atoms with Crippen LogP contribution in [0.4, 0.5) is 10.7 Å². The van der Waals surface area contributed by atoms with Crippen molar-refractivity contribution in [2.24, 2.45) is 0 Å². The minimum atomic E-state index is -0.269. The molecule has 4 rings (SSSR count). The van der Waals surface area contributed by atoms with Gasteiger partial charge in [-0.2, -0.15) is 0 Å². The number of thiocarbonyl (C=S) groups is 1. The fourth-order valence-electron chi connectivity index (χ4n) is 4.54. The van der Waals surface area contributed by atoms with Gasteiger partial charge in [0.05, 0.1) is 25.5 Å². The number of esters is 1. The number of anilines is 2. The van der Waals surface area contributed by atoms with Crippen LogP contribution in [0, 0.1) is 0 Å². The number of methoxy groups -OCH3 is 2. The number of fused-ring (bicyclic) bond motifs is 1. The molecule has 0 atom stereocenters. The third-order valence-electron chi connectivity index (χ3n) is 6.27. The normalized spacial score (nSPS) is 16.6. The Balaban J connectivity index is 1.46. The molecule has 2 aromatic rings. The Morgan fingerprint density at radius 3 is 2.47 bits per heavy atom. The molecule has 1 saturated heterocycles. The number of hydrogen-bond acceptors (Lipinski definition) is 6. The molecule has 1 aromatic carbocycles. The van der Waals surface area contributed by atoms with Gasteiger partial charge in [0.15, 0.2) is 5.11 Å². The summed E-state index contributed by atoms with van der Waals surface area (Å²) < 4.78 is 10.7. The van der Waals surface area contributed by atoms with Gasteiger partial charge < -0.3 is 24.6 Å². The Labute approximate surface area is 199 Å². The van der Waals surface area contributed by atoms with E-state index in [1.54, 1.807) is 18.4 Å². The van der Waals surface area contributed by atoms with Crippen LogP contribution in [0.2, 0.25) is 0 Å². The second kappa shape index (κ2) is 10.5. The maximum atomic E-state index is 12.7. The monoisotopic (exact) mass is 473 g/mol. The fourth-order valence-corrected chi connectivity index (χ4v) is 6.17. The molecule has 2 aliphatic rings. The van der Waals surface area contributed by atoms with E-state index in [9.17, 15) is 4.79 Å². The quantitative estimate of drug-likeness (QED) is 0.509. The number of aryl methyl sites for hydroxylation is 1. The molecule has 0 amide bonds. The molecule has 8 heteroatoms. The van der Waals surface area contributed by atoms with E-state index in [-0.39, 0.29) is 5.97 Å². The number of nitrogens with zero attached hydrogens (tertiary/aromatic N) is 2. The maximum Gasteiger partial charge on any atom is 0.341 e. The lowest BCUT2D eigenvalue weighted by molar-refractivity contribution is 0.0601. The molecule has 1 fully saturated rings. The number of hydrogen-bond donors (Lipinski definition) is 1. The Hall–Kier alpha value is -2.32. The van der Waals surface area contributed by atoms with E-state index < -0.39 is 0 Å². The van der Waals surface area contributed by atoms with E-state index in [0.29, 0.717) is 10.7 Å². The molecule has 0 bridgehead atoms. The van der Waals surface area contributed by atoms with Crippen molar-refractivity contribution in [3.8, 4) is 5.75 Å². The molecule has 1 aliphatic carbocycles. The smallest absolute Gasteiger partial charge is 0.341 e. The van der Waals surface area contributed by atoms with Crippen molar-refractivity contribution in [3.05, 3.63) is 40.3 Å². The number of piperazine rings is 1. The molecule has 172 valence electrons. The van der Waals surface area contributed by atoms with Gasteiger partial charge in [-0.05, 0) is 55.6 Å². The van der Waals surface area contributed by atoms with Gasteiger partial charge in [-0.3, -0.25) is 0 Å². The van der Waals surface area contributed by atoms with Crippen LogP contribution in [-0.2, 0) is 17.6 Å². The number of carbonyl (C=O) groups is 1. The molecular weight excluding hydrogens is 442 g/mol. The summed E-state index contributed by atoms with van der Waals surface area (Å²) in [6.07, 6.45) is 6.71.